The molecule has 0 heterocycles. The van der Waals surface area contributed by atoms with Crippen molar-refractivity contribution >= 4 is 23.5 Å². The third-order valence-electron chi connectivity index (χ3n) is 3.31. The monoisotopic (exact) mass is 349 g/mol. The van der Waals surface area contributed by atoms with Gasteiger partial charge in [-0.1, -0.05) is 48.0 Å². The van der Waals surface area contributed by atoms with Gasteiger partial charge in [0.05, 0.1) is 5.02 Å². The number of rotatable bonds is 7. The summed E-state index contributed by atoms with van der Waals surface area (Å²) in [4.78, 5) is 23.4. The summed E-state index contributed by atoms with van der Waals surface area (Å²) >= 11 is 5.76. The van der Waals surface area contributed by atoms with Crippen LogP contribution in [-0.4, -0.2) is 25.0 Å². The Morgan fingerprint density at radius 3 is 2.54 bits per heavy atom. The van der Waals surface area contributed by atoms with E-state index < -0.39 is 24.3 Å². The van der Waals surface area contributed by atoms with E-state index in [1.165, 1.54) is 17.7 Å². The van der Waals surface area contributed by atoms with Crippen molar-refractivity contribution < 1.29 is 18.7 Å². The van der Waals surface area contributed by atoms with E-state index in [9.17, 15) is 14.0 Å². The Morgan fingerprint density at radius 2 is 1.83 bits per heavy atom. The minimum absolute atomic E-state index is 0.0525. The zero-order chi connectivity index (χ0) is 17.4. The van der Waals surface area contributed by atoms with Gasteiger partial charge in [-0.3, -0.25) is 4.79 Å². The number of aryl methyl sites for hydroxylation is 1. The Kier molecular flexibility index (Phi) is 6.75. The fraction of sp³-hybridized carbons (Fsp3) is 0.222. The summed E-state index contributed by atoms with van der Waals surface area (Å²) in [5.41, 5.74) is 0.823. The normalized spacial score (nSPS) is 10.2. The number of carbonyl (C=O) groups is 2. The van der Waals surface area contributed by atoms with Crippen LogP contribution >= 0.6 is 11.6 Å². The Labute approximate surface area is 144 Å². The molecule has 0 aliphatic heterocycles. The molecule has 0 aliphatic carbocycles. The van der Waals surface area contributed by atoms with Crippen LogP contribution in [0.25, 0.3) is 0 Å². The van der Waals surface area contributed by atoms with Crippen molar-refractivity contribution in [3.05, 3.63) is 70.5 Å². The van der Waals surface area contributed by atoms with Crippen LogP contribution in [0.4, 0.5) is 4.39 Å². The van der Waals surface area contributed by atoms with Crippen molar-refractivity contribution in [3.8, 4) is 0 Å². The lowest BCUT2D eigenvalue weighted by Crippen LogP contribution is -2.30. The zero-order valence-electron chi connectivity index (χ0n) is 12.9. The standard InChI is InChI=1S/C18H17ClFNO3/c19-14-9-4-10-15(20)17(14)18(23)24-12-16(22)21-11-5-8-13-6-2-1-3-7-13/h1-4,6-7,9-10H,5,8,11-12H2,(H,21,22). The second kappa shape index (κ2) is 9.03. The summed E-state index contributed by atoms with van der Waals surface area (Å²) < 4.78 is 18.3. The quantitative estimate of drug-likeness (QED) is 0.616. The van der Waals surface area contributed by atoms with Gasteiger partial charge in [0.2, 0.25) is 0 Å². The SMILES string of the molecule is O=C(COC(=O)c1c(F)cccc1Cl)NCCCc1ccccc1. The number of ether oxygens (including phenoxy) is 1. The molecule has 4 nitrogen and oxygen atoms in total. The van der Waals surface area contributed by atoms with Crippen LogP contribution in [0, 0.1) is 5.82 Å². The molecule has 2 aromatic rings. The molecule has 1 N–H and O–H groups in total. The lowest BCUT2D eigenvalue weighted by atomic mass is 10.1. The molecule has 0 saturated heterocycles. The number of nitrogens with one attached hydrogen (secondary N) is 1. The van der Waals surface area contributed by atoms with E-state index in [0.29, 0.717) is 6.54 Å². The van der Waals surface area contributed by atoms with E-state index in [0.717, 1.165) is 18.9 Å². The van der Waals surface area contributed by atoms with Gasteiger partial charge in [0.25, 0.3) is 5.91 Å². The van der Waals surface area contributed by atoms with Crippen LogP contribution in [0.3, 0.4) is 0 Å². The highest BCUT2D eigenvalue weighted by Gasteiger charge is 2.18. The van der Waals surface area contributed by atoms with Crippen LogP contribution < -0.4 is 5.32 Å². The number of esters is 1. The molecule has 0 aliphatic rings. The Morgan fingerprint density at radius 1 is 1.08 bits per heavy atom. The number of hydrogen-bond donors (Lipinski definition) is 1. The summed E-state index contributed by atoms with van der Waals surface area (Å²) in [6.07, 6.45) is 1.61. The molecule has 126 valence electrons. The summed E-state index contributed by atoms with van der Waals surface area (Å²) in [6.45, 7) is -0.0133. The minimum Gasteiger partial charge on any atom is -0.452 e. The summed E-state index contributed by atoms with van der Waals surface area (Å²) in [5, 5.41) is 2.59. The lowest BCUT2D eigenvalue weighted by Gasteiger charge is -2.08. The average Bonchev–Trinajstić information content (AvgIpc) is 2.57. The van der Waals surface area contributed by atoms with Crippen LogP contribution in [-0.2, 0) is 16.0 Å². The van der Waals surface area contributed by atoms with Crippen molar-refractivity contribution in [1.29, 1.82) is 0 Å². The van der Waals surface area contributed by atoms with Crippen LogP contribution in [0.1, 0.15) is 22.3 Å². The molecule has 2 rings (SSSR count). The lowest BCUT2D eigenvalue weighted by molar-refractivity contribution is -0.124. The van der Waals surface area contributed by atoms with Gasteiger partial charge < -0.3 is 10.1 Å². The van der Waals surface area contributed by atoms with Gasteiger partial charge in [0, 0.05) is 6.54 Å². The molecule has 2 aromatic carbocycles. The fourth-order valence-electron chi connectivity index (χ4n) is 2.11. The molecule has 0 bridgehead atoms. The van der Waals surface area contributed by atoms with Gasteiger partial charge in [-0.2, -0.15) is 0 Å². The highest BCUT2D eigenvalue weighted by Crippen LogP contribution is 2.19. The van der Waals surface area contributed by atoms with Gasteiger partial charge in [-0.25, -0.2) is 9.18 Å². The third kappa shape index (κ3) is 5.35. The molecule has 6 heteroatoms. The second-order valence-corrected chi connectivity index (χ2v) is 5.52. The number of benzene rings is 2. The smallest absolute Gasteiger partial charge is 0.343 e. The molecular formula is C18H17ClFNO3. The Balaban J connectivity index is 1.70. The maximum absolute atomic E-state index is 13.5. The molecule has 0 radical (unpaired) electrons. The number of halogens is 2. The first-order valence-corrected chi connectivity index (χ1v) is 7.87. The van der Waals surface area contributed by atoms with E-state index >= 15 is 0 Å². The molecule has 24 heavy (non-hydrogen) atoms. The van der Waals surface area contributed by atoms with Crippen molar-refractivity contribution in [2.75, 3.05) is 13.2 Å². The third-order valence-corrected chi connectivity index (χ3v) is 3.62. The maximum Gasteiger partial charge on any atom is 0.343 e. The van der Waals surface area contributed by atoms with Crippen LogP contribution in [0.2, 0.25) is 5.02 Å². The summed E-state index contributed by atoms with van der Waals surface area (Å²) in [5.74, 6) is -2.18. The van der Waals surface area contributed by atoms with Gasteiger partial charge in [-0.15, -0.1) is 0 Å². The van der Waals surface area contributed by atoms with Crippen LogP contribution in [0.5, 0.6) is 0 Å². The average molecular weight is 350 g/mol. The van der Waals surface area contributed by atoms with Crippen molar-refractivity contribution in [2.24, 2.45) is 0 Å². The van der Waals surface area contributed by atoms with Gasteiger partial charge in [-0.05, 0) is 30.5 Å². The van der Waals surface area contributed by atoms with Crippen LogP contribution in [0.15, 0.2) is 48.5 Å². The predicted octanol–water partition coefficient (Wildman–Crippen LogP) is 3.38. The summed E-state index contributed by atoms with van der Waals surface area (Å²) in [7, 11) is 0. The topological polar surface area (TPSA) is 55.4 Å². The van der Waals surface area contributed by atoms with E-state index in [2.05, 4.69) is 5.32 Å². The molecule has 1 amide bonds. The predicted molar refractivity (Wildman–Crippen MR) is 89.5 cm³/mol. The Bertz CT molecular complexity index is 686. The highest BCUT2D eigenvalue weighted by atomic mass is 35.5. The number of carbonyl (C=O) groups excluding carboxylic acids is 2. The van der Waals surface area contributed by atoms with Crippen molar-refractivity contribution in [3.63, 3.8) is 0 Å². The first-order valence-electron chi connectivity index (χ1n) is 7.49. The molecule has 0 spiro atoms. The number of amides is 1. The zero-order valence-corrected chi connectivity index (χ0v) is 13.7. The van der Waals surface area contributed by atoms with E-state index in [4.69, 9.17) is 16.3 Å². The summed E-state index contributed by atoms with van der Waals surface area (Å²) in [6, 6.07) is 13.8. The molecule has 0 fully saturated rings. The molecule has 0 unspecified atom stereocenters. The Hall–Kier alpha value is -2.40. The van der Waals surface area contributed by atoms with Gasteiger partial charge >= 0.3 is 5.97 Å². The largest absolute Gasteiger partial charge is 0.452 e. The van der Waals surface area contributed by atoms with Crippen molar-refractivity contribution in [1.82, 2.24) is 5.32 Å². The maximum atomic E-state index is 13.5. The first kappa shape index (κ1) is 17.9. The molecule has 0 aromatic heterocycles. The number of hydrogen-bond acceptors (Lipinski definition) is 3. The van der Waals surface area contributed by atoms with E-state index in [1.807, 2.05) is 30.3 Å². The van der Waals surface area contributed by atoms with Crippen molar-refractivity contribution in [2.45, 2.75) is 12.8 Å². The van der Waals surface area contributed by atoms with Gasteiger partial charge in [0.15, 0.2) is 6.61 Å². The fourth-order valence-corrected chi connectivity index (χ4v) is 2.35. The molecule has 0 atom stereocenters. The highest BCUT2D eigenvalue weighted by molar-refractivity contribution is 6.33. The van der Waals surface area contributed by atoms with Gasteiger partial charge in [0.1, 0.15) is 11.4 Å². The first-order chi connectivity index (χ1) is 11.6. The molecular weight excluding hydrogens is 333 g/mol. The second-order valence-electron chi connectivity index (χ2n) is 5.11. The van der Waals surface area contributed by atoms with E-state index in [-0.39, 0.29) is 10.6 Å². The molecule has 0 saturated carbocycles. The minimum atomic E-state index is -0.961. The van der Waals surface area contributed by atoms with E-state index in [1.54, 1.807) is 0 Å².